The molecule has 0 aliphatic carbocycles. The molecule has 0 atom stereocenters. The van der Waals surface area contributed by atoms with E-state index in [2.05, 4.69) is 15.6 Å². The van der Waals surface area contributed by atoms with Crippen LogP contribution in [0.3, 0.4) is 0 Å². The van der Waals surface area contributed by atoms with Crippen LogP contribution < -0.4 is 10.6 Å². The molecule has 0 bridgehead atoms. The fraction of sp³-hybridized carbons (Fsp3) is 0.684. The third kappa shape index (κ3) is 11.2. The Kier molecular flexibility index (Phi) is 9.73. The van der Waals surface area contributed by atoms with Crippen molar-refractivity contribution in [2.75, 3.05) is 13.1 Å². The minimum atomic E-state index is -0.390. The lowest BCUT2D eigenvalue weighted by molar-refractivity contribution is -0.154. The Hall–Kier alpha value is -1.98. The first-order valence-electron chi connectivity index (χ1n) is 9.17. The van der Waals surface area contributed by atoms with Crippen molar-refractivity contribution in [2.45, 2.75) is 71.9 Å². The molecular weight excluding hydrogens is 318 g/mol. The molecule has 1 heterocycles. The Morgan fingerprint density at radius 1 is 1.20 bits per heavy atom. The molecule has 0 radical (unpaired) electrons. The van der Waals surface area contributed by atoms with Crippen LogP contribution in [0.25, 0.3) is 0 Å². The van der Waals surface area contributed by atoms with Gasteiger partial charge in [-0.1, -0.05) is 12.8 Å². The number of nitrogens with zero attached hydrogens (tertiary/aromatic N) is 1. The van der Waals surface area contributed by atoms with E-state index in [1.54, 1.807) is 6.26 Å². The van der Waals surface area contributed by atoms with Crippen molar-refractivity contribution in [2.24, 2.45) is 4.99 Å². The second-order valence-electron chi connectivity index (χ2n) is 6.95. The highest BCUT2D eigenvalue weighted by Gasteiger charge is 2.15. The number of carbonyl (C=O) groups excluding carboxylic acids is 1. The number of carbonyl (C=O) groups is 1. The van der Waals surface area contributed by atoms with Gasteiger partial charge < -0.3 is 19.8 Å². The first kappa shape index (κ1) is 21.1. The van der Waals surface area contributed by atoms with E-state index in [9.17, 15) is 4.79 Å². The highest BCUT2D eigenvalue weighted by Crippen LogP contribution is 2.11. The van der Waals surface area contributed by atoms with Gasteiger partial charge in [-0.3, -0.25) is 4.79 Å². The Morgan fingerprint density at radius 3 is 2.60 bits per heavy atom. The Labute approximate surface area is 151 Å². The third-order valence-corrected chi connectivity index (χ3v) is 3.34. The van der Waals surface area contributed by atoms with E-state index < -0.39 is 5.60 Å². The zero-order chi connectivity index (χ0) is 18.5. The number of hydrogen-bond acceptors (Lipinski definition) is 4. The lowest BCUT2D eigenvalue weighted by Gasteiger charge is -2.19. The number of rotatable bonds is 10. The maximum Gasteiger partial charge on any atom is 0.306 e. The zero-order valence-electron chi connectivity index (χ0n) is 16.1. The number of guanidine groups is 1. The fourth-order valence-corrected chi connectivity index (χ4v) is 2.25. The SMILES string of the molecule is CCNC(=NCc1ccco1)NCCCCCCC(=O)OC(C)(C)C. The minimum absolute atomic E-state index is 0.106. The van der Waals surface area contributed by atoms with Crippen LogP contribution in [0.2, 0.25) is 0 Å². The summed E-state index contributed by atoms with van der Waals surface area (Å²) in [6, 6.07) is 3.78. The predicted octanol–water partition coefficient (Wildman–Crippen LogP) is 3.63. The first-order valence-corrected chi connectivity index (χ1v) is 9.17. The summed E-state index contributed by atoms with van der Waals surface area (Å²) >= 11 is 0. The average Bonchev–Trinajstić information content (AvgIpc) is 3.03. The van der Waals surface area contributed by atoms with Gasteiger partial charge in [0.15, 0.2) is 5.96 Å². The molecule has 2 N–H and O–H groups in total. The second-order valence-corrected chi connectivity index (χ2v) is 6.95. The molecule has 1 aromatic rings. The zero-order valence-corrected chi connectivity index (χ0v) is 16.1. The van der Waals surface area contributed by atoms with Crippen LogP contribution in [0, 0.1) is 0 Å². The Balaban J connectivity index is 2.11. The monoisotopic (exact) mass is 351 g/mol. The molecule has 142 valence electrons. The van der Waals surface area contributed by atoms with E-state index in [1.807, 2.05) is 39.8 Å². The highest BCUT2D eigenvalue weighted by atomic mass is 16.6. The van der Waals surface area contributed by atoms with Crippen LogP contribution in [-0.2, 0) is 16.1 Å². The van der Waals surface area contributed by atoms with Gasteiger partial charge >= 0.3 is 5.97 Å². The molecule has 0 saturated heterocycles. The molecule has 0 spiro atoms. The molecule has 0 amide bonds. The predicted molar refractivity (Wildman–Crippen MR) is 100 cm³/mol. The number of aliphatic imine (C=N–C) groups is 1. The van der Waals surface area contributed by atoms with Gasteiger partial charge in [0.2, 0.25) is 0 Å². The highest BCUT2D eigenvalue weighted by molar-refractivity contribution is 5.79. The smallest absolute Gasteiger partial charge is 0.306 e. The number of hydrogen-bond donors (Lipinski definition) is 2. The van der Waals surface area contributed by atoms with Gasteiger partial charge in [0.25, 0.3) is 0 Å². The maximum absolute atomic E-state index is 11.6. The molecule has 0 aromatic carbocycles. The quantitative estimate of drug-likeness (QED) is 0.291. The summed E-state index contributed by atoms with van der Waals surface area (Å²) in [5, 5.41) is 6.54. The van der Waals surface area contributed by atoms with Gasteiger partial charge in [-0.2, -0.15) is 0 Å². The van der Waals surface area contributed by atoms with Crippen molar-refractivity contribution in [1.29, 1.82) is 0 Å². The number of esters is 1. The summed E-state index contributed by atoms with van der Waals surface area (Å²) in [5.41, 5.74) is -0.390. The van der Waals surface area contributed by atoms with Crippen LogP contribution in [-0.4, -0.2) is 30.6 Å². The van der Waals surface area contributed by atoms with Crippen LogP contribution >= 0.6 is 0 Å². The normalized spacial score (nSPS) is 12.1. The van der Waals surface area contributed by atoms with E-state index in [0.717, 1.165) is 50.5 Å². The first-order chi connectivity index (χ1) is 11.9. The maximum atomic E-state index is 11.6. The number of unbranched alkanes of at least 4 members (excludes halogenated alkanes) is 3. The second kappa shape index (κ2) is 11.6. The summed E-state index contributed by atoms with van der Waals surface area (Å²) in [4.78, 5) is 16.1. The topological polar surface area (TPSA) is 75.9 Å². The van der Waals surface area contributed by atoms with Crippen molar-refractivity contribution < 1.29 is 13.9 Å². The van der Waals surface area contributed by atoms with Crippen molar-refractivity contribution in [3.8, 4) is 0 Å². The summed E-state index contributed by atoms with van der Waals surface area (Å²) in [7, 11) is 0. The Bertz CT molecular complexity index is 504. The third-order valence-electron chi connectivity index (χ3n) is 3.34. The van der Waals surface area contributed by atoms with Gasteiger partial charge in [-0.15, -0.1) is 0 Å². The molecule has 6 heteroatoms. The van der Waals surface area contributed by atoms with Crippen molar-refractivity contribution >= 4 is 11.9 Å². The number of nitrogens with one attached hydrogen (secondary N) is 2. The summed E-state index contributed by atoms with van der Waals surface area (Å²) < 4.78 is 10.6. The van der Waals surface area contributed by atoms with Gasteiger partial charge in [0.05, 0.1) is 6.26 Å². The molecule has 0 aliphatic rings. The molecule has 1 rings (SSSR count). The molecule has 0 fully saturated rings. The van der Waals surface area contributed by atoms with Crippen LogP contribution in [0.15, 0.2) is 27.8 Å². The standard InChI is InChI=1S/C19H33N3O3/c1-5-20-18(22-15-16-11-10-14-24-16)21-13-9-7-6-8-12-17(23)25-19(2,3)4/h10-11,14H,5-9,12-13,15H2,1-4H3,(H2,20,21,22). The molecule has 0 aliphatic heterocycles. The van der Waals surface area contributed by atoms with Gasteiger partial charge in [0, 0.05) is 19.5 Å². The largest absolute Gasteiger partial charge is 0.467 e. The molecule has 1 aromatic heterocycles. The van der Waals surface area contributed by atoms with E-state index in [4.69, 9.17) is 9.15 Å². The van der Waals surface area contributed by atoms with E-state index in [1.165, 1.54) is 0 Å². The lowest BCUT2D eigenvalue weighted by atomic mass is 10.1. The van der Waals surface area contributed by atoms with Gasteiger partial charge in [-0.25, -0.2) is 4.99 Å². The summed E-state index contributed by atoms with van der Waals surface area (Å²) in [5.74, 6) is 1.54. The molecule has 0 unspecified atom stereocenters. The van der Waals surface area contributed by atoms with Gasteiger partial charge in [-0.05, 0) is 52.7 Å². The van der Waals surface area contributed by atoms with Crippen LogP contribution in [0.1, 0.15) is 65.6 Å². The van der Waals surface area contributed by atoms with E-state index in [-0.39, 0.29) is 5.97 Å². The summed E-state index contributed by atoms with van der Waals surface area (Å²) in [6.45, 7) is 9.93. The van der Waals surface area contributed by atoms with Crippen LogP contribution in [0.4, 0.5) is 0 Å². The van der Waals surface area contributed by atoms with Crippen molar-refractivity contribution in [1.82, 2.24) is 10.6 Å². The van der Waals surface area contributed by atoms with E-state index in [0.29, 0.717) is 13.0 Å². The molecule has 0 saturated carbocycles. The van der Waals surface area contributed by atoms with Crippen LogP contribution in [0.5, 0.6) is 0 Å². The molecular formula is C19H33N3O3. The average molecular weight is 351 g/mol. The molecule has 6 nitrogen and oxygen atoms in total. The number of ether oxygens (including phenoxy) is 1. The minimum Gasteiger partial charge on any atom is -0.467 e. The fourth-order valence-electron chi connectivity index (χ4n) is 2.25. The summed E-state index contributed by atoms with van der Waals surface area (Å²) in [6.07, 6.45) is 6.18. The molecule has 25 heavy (non-hydrogen) atoms. The van der Waals surface area contributed by atoms with Crippen molar-refractivity contribution in [3.63, 3.8) is 0 Å². The Morgan fingerprint density at radius 2 is 1.96 bits per heavy atom. The number of furan rings is 1. The van der Waals surface area contributed by atoms with E-state index >= 15 is 0 Å². The lowest BCUT2D eigenvalue weighted by Crippen LogP contribution is -2.37. The van der Waals surface area contributed by atoms with Crippen molar-refractivity contribution in [3.05, 3.63) is 24.2 Å². The van der Waals surface area contributed by atoms with Gasteiger partial charge in [0.1, 0.15) is 17.9 Å².